The third-order valence-corrected chi connectivity index (χ3v) is 6.31. The SMILES string of the molecule is CCC(C(=O)O)N(C)C(=O)CC(C)CCNC(=O)OCC1c2ccccc2-c2ccccc21. The lowest BCUT2D eigenvalue weighted by Crippen LogP contribution is -2.42. The van der Waals surface area contributed by atoms with E-state index in [2.05, 4.69) is 29.6 Å². The van der Waals surface area contributed by atoms with Crippen LogP contribution in [0, 0.1) is 5.92 Å². The lowest BCUT2D eigenvalue weighted by Gasteiger charge is -2.25. The van der Waals surface area contributed by atoms with Crippen molar-refractivity contribution in [3.8, 4) is 11.1 Å². The van der Waals surface area contributed by atoms with E-state index in [1.807, 2.05) is 31.2 Å². The number of benzene rings is 2. The van der Waals surface area contributed by atoms with E-state index in [0.717, 1.165) is 11.1 Å². The maximum atomic E-state index is 12.4. The molecule has 1 aliphatic carbocycles. The van der Waals surface area contributed by atoms with Gasteiger partial charge in [-0.25, -0.2) is 9.59 Å². The van der Waals surface area contributed by atoms with Crippen LogP contribution in [0.25, 0.3) is 11.1 Å². The number of ether oxygens (including phenoxy) is 1. The van der Waals surface area contributed by atoms with Crippen LogP contribution in [-0.4, -0.2) is 54.2 Å². The van der Waals surface area contributed by atoms with Crippen molar-refractivity contribution in [3.63, 3.8) is 0 Å². The number of nitrogens with zero attached hydrogens (tertiary/aromatic N) is 1. The van der Waals surface area contributed by atoms with Gasteiger partial charge in [0.2, 0.25) is 5.91 Å². The fraction of sp³-hybridized carbons (Fsp3) is 0.423. The Bertz CT molecular complexity index is 960. The molecule has 2 unspecified atom stereocenters. The molecule has 176 valence electrons. The smallest absolute Gasteiger partial charge is 0.407 e. The molecule has 0 saturated heterocycles. The molecule has 0 fully saturated rings. The van der Waals surface area contributed by atoms with Gasteiger partial charge in [0.15, 0.2) is 0 Å². The van der Waals surface area contributed by atoms with Gasteiger partial charge in [0.1, 0.15) is 12.6 Å². The third kappa shape index (κ3) is 5.72. The first kappa shape index (κ1) is 24.3. The number of nitrogens with one attached hydrogen (secondary N) is 1. The molecule has 0 saturated carbocycles. The Morgan fingerprint density at radius 2 is 1.64 bits per heavy atom. The largest absolute Gasteiger partial charge is 0.480 e. The number of hydrogen-bond acceptors (Lipinski definition) is 4. The quantitative estimate of drug-likeness (QED) is 0.561. The van der Waals surface area contributed by atoms with Crippen molar-refractivity contribution in [3.05, 3.63) is 59.7 Å². The molecule has 2 amide bonds. The van der Waals surface area contributed by atoms with E-state index < -0.39 is 18.1 Å². The number of carbonyl (C=O) groups is 3. The van der Waals surface area contributed by atoms with Crippen LogP contribution in [0.15, 0.2) is 48.5 Å². The molecule has 1 aliphatic rings. The molecule has 0 bridgehead atoms. The van der Waals surface area contributed by atoms with E-state index in [4.69, 9.17) is 4.74 Å². The van der Waals surface area contributed by atoms with Crippen molar-refractivity contribution in [2.24, 2.45) is 5.92 Å². The normalized spacial score (nSPS) is 14.0. The maximum absolute atomic E-state index is 12.4. The maximum Gasteiger partial charge on any atom is 0.407 e. The fourth-order valence-corrected chi connectivity index (χ4v) is 4.40. The molecule has 0 spiro atoms. The number of likely N-dealkylation sites (N-methyl/N-ethyl adjacent to an activating group) is 1. The minimum atomic E-state index is -1.00. The molecule has 2 aromatic rings. The highest BCUT2D eigenvalue weighted by Gasteiger charge is 2.29. The number of fused-ring (bicyclic) bond motifs is 3. The van der Waals surface area contributed by atoms with Gasteiger partial charge in [-0.15, -0.1) is 0 Å². The van der Waals surface area contributed by atoms with E-state index in [1.54, 1.807) is 6.92 Å². The first-order valence-corrected chi connectivity index (χ1v) is 11.4. The molecule has 2 atom stereocenters. The van der Waals surface area contributed by atoms with Crippen LogP contribution in [0.2, 0.25) is 0 Å². The van der Waals surface area contributed by atoms with E-state index >= 15 is 0 Å². The van der Waals surface area contributed by atoms with Crippen molar-refractivity contribution in [2.45, 2.75) is 45.1 Å². The summed E-state index contributed by atoms with van der Waals surface area (Å²) in [6.45, 7) is 4.29. The number of carbonyl (C=O) groups excluding carboxylic acids is 2. The molecule has 3 rings (SSSR count). The van der Waals surface area contributed by atoms with Crippen LogP contribution in [0.5, 0.6) is 0 Å². The van der Waals surface area contributed by atoms with Gasteiger partial charge in [-0.2, -0.15) is 0 Å². The molecule has 0 aromatic heterocycles. The van der Waals surface area contributed by atoms with Crippen LogP contribution < -0.4 is 5.32 Å². The number of amides is 2. The molecule has 0 heterocycles. The van der Waals surface area contributed by atoms with Crippen molar-refractivity contribution in [2.75, 3.05) is 20.2 Å². The van der Waals surface area contributed by atoms with Crippen LogP contribution in [0.1, 0.15) is 50.2 Å². The van der Waals surface area contributed by atoms with Crippen molar-refractivity contribution in [1.29, 1.82) is 0 Å². The van der Waals surface area contributed by atoms with Crippen molar-refractivity contribution >= 4 is 18.0 Å². The summed E-state index contributed by atoms with van der Waals surface area (Å²) < 4.78 is 5.52. The van der Waals surface area contributed by atoms with Crippen LogP contribution >= 0.6 is 0 Å². The summed E-state index contributed by atoms with van der Waals surface area (Å²) in [5.74, 6) is -1.20. The minimum Gasteiger partial charge on any atom is -0.480 e. The van der Waals surface area contributed by atoms with Gasteiger partial charge in [0.25, 0.3) is 0 Å². The highest BCUT2D eigenvalue weighted by molar-refractivity contribution is 5.83. The van der Waals surface area contributed by atoms with E-state index in [0.29, 0.717) is 19.4 Å². The second-order valence-corrected chi connectivity index (χ2v) is 8.62. The third-order valence-electron chi connectivity index (χ3n) is 6.31. The zero-order valence-corrected chi connectivity index (χ0v) is 19.4. The van der Waals surface area contributed by atoms with Gasteiger partial charge in [-0.1, -0.05) is 62.4 Å². The van der Waals surface area contributed by atoms with Gasteiger partial charge in [-0.05, 0) is 41.0 Å². The predicted octanol–water partition coefficient (Wildman–Crippen LogP) is 4.26. The number of alkyl carbamates (subject to hydrolysis) is 1. The Morgan fingerprint density at radius 1 is 1.06 bits per heavy atom. The van der Waals surface area contributed by atoms with Gasteiger partial charge >= 0.3 is 12.1 Å². The molecule has 0 radical (unpaired) electrons. The summed E-state index contributed by atoms with van der Waals surface area (Å²) in [5, 5.41) is 12.0. The summed E-state index contributed by atoms with van der Waals surface area (Å²) in [5.41, 5.74) is 4.68. The summed E-state index contributed by atoms with van der Waals surface area (Å²) in [6, 6.07) is 15.5. The molecular weight excluding hydrogens is 420 g/mol. The average molecular weight is 453 g/mol. The highest BCUT2D eigenvalue weighted by atomic mass is 16.5. The first-order chi connectivity index (χ1) is 15.8. The summed E-state index contributed by atoms with van der Waals surface area (Å²) >= 11 is 0. The molecule has 2 aromatic carbocycles. The van der Waals surface area contributed by atoms with Crippen LogP contribution in [-0.2, 0) is 14.3 Å². The van der Waals surface area contributed by atoms with Crippen molar-refractivity contribution in [1.82, 2.24) is 10.2 Å². The highest BCUT2D eigenvalue weighted by Crippen LogP contribution is 2.44. The predicted molar refractivity (Wildman–Crippen MR) is 126 cm³/mol. The lowest BCUT2D eigenvalue weighted by molar-refractivity contribution is -0.149. The summed E-state index contributed by atoms with van der Waals surface area (Å²) in [7, 11) is 1.52. The summed E-state index contributed by atoms with van der Waals surface area (Å²) in [4.78, 5) is 37.2. The average Bonchev–Trinajstić information content (AvgIpc) is 3.11. The molecule has 33 heavy (non-hydrogen) atoms. The zero-order chi connectivity index (χ0) is 24.0. The molecule has 7 heteroatoms. The molecule has 7 nitrogen and oxygen atoms in total. The first-order valence-electron chi connectivity index (χ1n) is 11.4. The second kappa shape index (κ2) is 11.0. The number of carboxylic acid groups (broad SMARTS) is 1. The fourth-order valence-electron chi connectivity index (χ4n) is 4.40. The Kier molecular flexibility index (Phi) is 8.09. The Labute approximate surface area is 194 Å². The molecule has 0 aliphatic heterocycles. The molecule has 2 N–H and O–H groups in total. The van der Waals surface area contributed by atoms with E-state index in [-0.39, 0.29) is 30.8 Å². The van der Waals surface area contributed by atoms with E-state index in [1.165, 1.54) is 23.1 Å². The minimum absolute atomic E-state index is 0.000127. The number of rotatable bonds is 10. The van der Waals surface area contributed by atoms with Gasteiger partial charge in [-0.3, -0.25) is 4.79 Å². The second-order valence-electron chi connectivity index (χ2n) is 8.62. The standard InChI is InChI=1S/C26H32N2O5/c1-4-23(25(30)31)28(3)24(29)15-17(2)13-14-27-26(32)33-16-22-20-11-7-5-9-18(20)19-10-6-8-12-21(19)22/h5-12,17,22-23H,4,13-16H2,1-3H3,(H,27,32)(H,30,31). The van der Waals surface area contributed by atoms with Crippen LogP contribution in [0.3, 0.4) is 0 Å². The van der Waals surface area contributed by atoms with Crippen molar-refractivity contribution < 1.29 is 24.2 Å². The van der Waals surface area contributed by atoms with Gasteiger partial charge in [0, 0.05) is 25.9 Å². The van der Waals surface area contributed by atoms with E-state index in [9.17, 15) is 19.5 Å². The monoisotopic (exact) mass is 452 g/mol. The Hall–Kier alpha value is -3.35. The number of carboxylic acids is 1. The Morgan fingerprint density at radius 3 is 2.18 bits per heavy atom. The number of aliphatic carboxylic acids is 1. The molecular formula is C26H32N2O5. The van der Waals surface area contributed by atoms with Gasteiger partial charge in [0.05, 0.1) is 0 Å². The topological polar surface area (TPSA) is 95.9 Å². The number of hydrogen-bond donors (Lipinski definition) is 2. The zero-order valence-electron chi connectivity index (χ0n) is 19.4. The Balaban J connectivity index is 1.44. The summed E-state index contributed by atoms with van der Waals surface area (Å²) in [6.07, 6.45) is 0.694. The van der Waals surface area contributed by atoms with Gasteiger partial charge < -0.3 is 20.1 Å². The van der Waals surface area contributed by atoms with Crippen LogP contribution in [0.4, 0.5) is 4.79 Å². The lowest BCUT2D eigenvalue weighted by atomic mass is 9.98.